The number of benzene rings is 1. The molecule has 0 bridgehead atoms. The fourth-order valence-corrected chi connectivity index (χ4v) is 2.05. The number of unbranched alkanes of at least 4 members (excludes halogenated alkanes) is 1. The Kier molecular flexibility index (Phi) is 7.32. The maximum absolute atomic E-state index is 11.9. The Bertz CT molecular complexity index is 480. The summed E-state index contributed by atoms with van der Waals surface area (Å²) in [7, 11) is 1.52. The van der Waals surface area contributed by atoms with E-state index in [2.05, 4.69) is 12.2 Å². The normalized spacial score (nSPS) is 11.9. The number of carbonyl (C=O) groups excluding carboxylic acids is 1. The van der Waals surface area contributed by atoms with E-state index >= 15 is 0 Å². The zero-order chi connectivity index (χ0) is 15.8. The number of nitrogens with one attached hydrogen (secondary N) is 1. The minimum absolute atomic E-state index is 0.176. The number of hydrogen-bond acceptors (Lipinski definition) is 4. The molecule has 0 aliphatic heterocycles. The molecule has 1 atom stereocenters. The summed E-state index contributed by atoms with van der Waals surface area (Å²) < 4.78 is 10.9. The van der Waals surface area contributed by atoms with Crippen LogP contribution in [0.25, 0.3) is 0 Å². The number of halogens is 1. The van der Waals surface area contributed by atoms with Crippen molar-refractivity contribution in [1.82, 2.24) is 5.32 Å². The van der Waals surface area contributed by atoms with Crippen LogP contribution in [0.5, 0.6) is 11.5 Å². The Morgan fingerprint density at radius 3 is 2.76 bits per heavy atom. The van der Waals surface area contributed by atoms with E-state index in [1.54, 1.807) is 19.1 Å². The molecule has 0 aliphatic carbocycles. The van der Waals surface area contributed by atoms with Crippen molar-refractivity contribution in [3.63, 3.8) is 0 Å². The summed E-state index contributed by atoms with van der Waals surface area (Å²) in [5.74, 6) is 0.648. The van der Waals surface area contributed by atoms with Crippen LogP contribution in [0.3, 0.4) is 0 Å². The van der Waals surface area contributed by atoms with Crippen LogP contribution < -0.4 is 20.5 Å². The molecular formula is C15H23ClN2O3. The molecule has 0 fully saturated rings. The number of methoxy groups -OCH3 is 1. The van der Waals surface area contributed by atoms with Gasteiger partial charge in [0.15, 0.2) is 17.6 Å². The summed E-state index contributed by atoms with van der Waals surface area (Å²) in [6.45, 7) is 4.73. The standard InChI is InChI=1S/C15H23ClN2O3/c1-4-5-6-18-15(19)10(2)21-14-12(16)7-11(9-17)8-13(14)20-3/h7-8,10H,4-6,9,17H2,1-3H3,(H,18,19). The van der Waals surface area contributed by atoms with Crippen LogP contribution >= 0.6 is 11.6 Å². The predicted octanol–water partition coefficient (Wildman–Crippen LogP) is 2.49. The quantitative estimate of drug-likeness (QED) is 0.723. The van der Waals surface area contributed by atoms with Crippen molar-refractivity contribution in [3.05, 3.63) is 22.7 Å². The van der Waals surface area contributed by atoms with Gasteiger partial charge in [0.05, 0.1) is 12.1 Å². The van der Waals surface area contributed by atoms with Crippen molar-refractivity contribution in [2.24, 2.45) is 5.73 Å². The summed E-state index contributed by atoms with van der Waals surface area (Å²) in [4.78, 5) is 11.9. The summed E-state index contributed by atoms with van der Waals surface area (Å²) in [5.41, 5.74) is 6.43. The number of amides is 1. The van der Waals surface area contributed by atoms with Gasteiger partial charge in [0, 0.05) is 13.1 Å². The predicted molar refractivity (Wildman–Crippen MR) is 83.9 cm³/mol. The third-order valence-corrected chi connectivity index (χ3v) is 3.30. The number of rotatable bonds is 8. The first-order valence-corrected chi connectivity index (χ1v) is 7.42. The van der Waals surface area contributed by atoms with Crippen LogP contribution in [0.4, 0.5) is 0 Å². The molecule has 0 radical (unpaired) electrons. The van der Waals surface area contributed by atoms with Gasteiger partial charge in [0.2, 0.25) is 0 Å². The Balaban J connectivity index is 2.79. The van der Waals surface area contributed by atoms with E-state index in [1.807, 2.05) is 0 Å². The van der Waals surface area contributed by atoms with Gasteiger partial charge in [0.1, 0.15) is 0 Å². The Morgan fingerprint density at radius 1 is 1.48 bits per heavy atom. The average molecular weight is 315 g/mol. The fraction of sp³-hybridized carbons (Fsp3) is 0.533. The molecule has 1 unspecified atom stereocenters. The number of carbonyl (C=O) groups is 1. The Hall–Kier alpha value is -1.46. The SMILES string of the molecule is CCCCNC(=O)C(C)Oc1c(Cl)cc(CN)cc1OC. The lowest BCUT2D eigenvalue weighted by Gasteiger charge is -2.18. The highest BCUT2D eigenvalue weighted by Gasteiger charge is 2.19. The van der Waals surface area contributed by atoms with Gasteiger partial charge in [-0.25, -0.2) is 0 Å². The maximum Gasteiger partial charge on any atom is 0.260 e. The Morgan fingerprint density at radius 2 is 2.19 bits per heavy atom. The van der Waals surface area contributed by atoms with Gasteiger partial charge < -0.3 is 20.5 Å². The first-order valence-electron chi connectivity index (χ1n) is 7.04. The van der Waals surface area contributed by atoms with Crippen LogP contribution in [0.2, 0.25) is 5.02 Å². The molecule has 0 saturated carbocycles. The molecular weight excluding hydrogens is 292 g/mol. The molecule has 21 heavy (non-hydrogen) atoms. The molecule has 118 valence electrons. The first kappa shape index (κ1) is 17.6. The van der Waals surface area contributed by atoms with Gasteiger partial charge in [-0.1, -0.05) is 24.9 Å². The van der Waals surface area contributed by atoms with Crippen molar-refractivity contribution in [1.29, 1.82) is 0 Å². The molecule has 3 N–H and O–H groups in total. The van der Waals surface area contributed by atoms with E-state index in [4.69, 9.17) is 26.8 Å². The van der Waals surface area contributed by atoms with Gasteiger partial charge in [-0.3, -0.25) is 4.79 Å². The average Bonchev–Trinajstić information content (AvgIpc) is 2.48. The second-order valence-corrected chi connectivity index (χ2v) is 5.13. The van der Waals surface area contributed by atoms with Crippen LogP contribution in [0, 0.1) is 0 Å². The highest BCUT2D eigenvalue weighted by molar-refractivity contribution is 6.32. The minimum Gasteiger partial charge on any atom is -0.493 e. The third-order valence-electron chi connectivity index (χ3n) is 3.02. The summed E-state index contributed by atoms with van der Waals surface area (Å²) in [6.07, 6.45) is 1.31. The van der Waals surface area contributed by atoms with E-state index in [0.717, 1.165) is 18.4 Å². The molecule has 6 heteroatoms. The fourth-order valence-electron chi connectivity index (χ4n) is 1.77. The van der Waals surface area contributed by atoms with E-state index in [1.165, 1.54) is 7.11 Å². The molecule has 0 saturated heterocycles. The van der Waals surface area contributed by atoms with Gasteiger partial charge in [-0.15, -0.1) is 0 Å². The van der Waals surface area contributed by atoms with E-state index in [9.17, 15) is 4.79 Å². The molecule has 0 aromatic heterocycles. The van der Waals surface area contributed by atoms with Gasteiger partial charge in [-0.05, 0) is 31.0 Å². The zero-order valence-electron chi connectivity index (χ0n) is 12.7. The molecule has 0 heterocycles. The monoisotopic (exact) mass is 314 g/mol. The zero-order valence-corrected chi connectivity index (χ0v) is 13.5. The lowest BCUT2D eigenvalue weighted by Crippen LogP contribution is -2.36. The molecule has 1 rings (SSSR count). The summed E-state index contributed by atoms with van der Waals surface area (Å²) in [6, 6.07) is 3.46. The van der Waals surface area contributed by atoms with Crippen LogP contribution in [-0.4, -0.2) is 25.7 Å². The third kappa shape index (κ3) is 5.10. The van der Waals surface area contributed by atoms with Gasteiger partial charge in [-0.2, -0.15) is 0 Å². The van der Waals surface area contributed by atoms with E-state index in [-0.39, 0.29) is 5.91 Å². The largest absolute Gasteiger partial charge is 0.493 e. The molecule has 0 aliphatic rings. The van der Waals surface area contributed by atoms with Crippen LogP contribution in [0.1, 0.15) is 32.3 Å². The molecule has 0 spiro atoms. The van der Waals surface area contributed by atoms with Crippen molar-refractivity contribution < 1.29 is 14.3 Å². The highest BCUT2D eigenvalue weighted by atomic mass is 35.5. The second kappa shape index (κ2) is 8.74. The number of nitrogens with two attached hydrogens (primary N) is 1. The maximum atomic E-state index is 11.9. The Labute approximate surface area is 130 Å². The van der Waals surface area contributed by atoms with Crippen molar-refractivity contribution in [2.75, 3.05) is 13.7 Å². The topological polar surface area (TPSA) is 73.6 Å². The van der Waals surface area contributed by atoms with Gasteiger partial charge in [0.25, 0.3) is 5.91 Å². The van der Waals surface area contributed by atoms with E-state index in [0.29, 0.717) is 29.6 Å². The van der Waals surface area contributed by atoms with Crippen molar-refractivity contribution in [2.45, 2.75) is 39.3 Å². The van der Waals surface area contributed by atoms with Crippen LogP contribution in [0.15, 0.2) is 12.1 Å². The van der Waals surface area contributed by atoms with Gasteiger partial charge >= 0.3 is 0 Å². The molecule has 1 amide bonds. The van der Waals surface area contributed by atoms with Crippen molar-refractivity contribution in [3.8, 4) is 11.5 Å². The minimum atomic E-state index is -0.656. The summed E-state index contributed by atoms with van der Waals surface area (Å²) >= 11 is 6.18. The second-order valence-electron chi connectivity index (χ2n) is 4.72. The first-order chi connectivity index (χ1) is 10.0. The lowest BCUT2D eigenvalue weighted by atomic mass is 10.2. The number of hydrogen-bond donors (Lipinski definition) is 2. The lowest BCUT2D eigenvalue weighted by molar-refractivity contribution is -0.127. The molecule has 1 aromatic rings. The molecule has 5 nitrogen and oxygen atoms in total. The molecule has 1 aromatic carbocycles. The van der Waals surface area contributed by atoms with E-state index < -0.39 is 6.10 Å². The van der Waals surface area contributed by atoms with Crippen molar-refractivity contribution >= 4 is 17.5 Å². The highest BCUT2D eigenvalue weighted by Crippen LogP contribution is 2.37. The van der Waals surface area contributed by atoms with Crippen LogP contribution in [-0.2, 0) is 11.3 Å². The summed E-state index contributed by atoms with van der Waals surface area (Å²) in [5, 5.41) is 3.19. The smallest absolute Gasteiger partial charge is 0.260 e. The number of ether oxygens (including phenoxy) is 2.